The molecule has 18 heavy (non-hydrogen) atoms. The number of nitrogens with zero attached hydrogens (tertiary/aromatic N) is 1. The molecule has 0 bridgehead atoms. The van der Waals surface area contributed by atoms with Crippen LogP contribution >= 0.6 is 33.3 Å². The van der Waals surface area contributed by atoms with Crippen molar-refractivity contribution < 1.29 is 31.1 Å². The van der Waals surface area contributed by atoms with Crippen molar-refractivity contribution in [1.82, 2.24) is 4.98 Å². The normalized spacial score (nSPS) is 12.3. The van der Waals surface area contributed by atoms with Crippen LogP contribution in [0.15, 0.2) is 11.1 Å². The fourth-order valence-corrected chi connectivity index (χ4v) is 3.55. The van der Waals surface area contributed by atoms with Gasteiger partial charge in [0.05, 0.1) is 10.7 Å². The van der Waals surface area contributed by atoms with Crippen LogP contribution in [0.3, 0.4) is 0 Å². The number of hydrogen-bond donors (Lipinski definition) is 0. The zero-order chi connectivity index (χ0) is 14.1. The summed E-state index contributed by atoms with van der Waals surface area (Å²) in [5.74, 6) is -1.12. The van der Waals surface area contributed by atoms with Crippen LogP contribution in [0, 0.1) is 3.57 Å². The van der Waals surface area contributed by atoms with Crippen molar-refractivity contribution in [3.63, 3.8) is 0 Å². The van der Waals surface area contributed by atoms with Gasteiger partial charge in [-0.2, -0.15) is 4.98 Å². The maximum absolute atomic E-state index is 12.0. The highest BCUT2D eigenvalue weighted by molar-refractivity contribution is 14.1. The minimum Gasteiger partial charge on any atom is -0.495 e. The minimum absolute atomic E-state index is 0.0420. The molecule has 0 spiro atoms. The van der Waals surface area contributed by atoms with Crippen molar-refractivity contribution in [2.75, 3.05) is 7.11 Å². The maximum Gasteiger partial charge on any atom is 0.574 e. The van der Waals surface area contributed by atoms with E-state index in [4.69, 9.17) is 15.4 Å². The lowest BCUT2D eigenvalue weighted by Crippen LogP contribution is -2.18. The fraction of sp³-hybridized carbons (Fsp3) is 0.286. The Labute approximate surface area is 118 Å². The van der Waals surface area contributed by atoms with E-state index in [0.717, 1.165) is 13.2 Å². The van der Waals surface area contributed by atoms with Gasteiger partial charge in [-0.15, -0.1) is 13.2 Å². The van der Waals surface area contributed by atoms with E-state index in [-0.39, 0.29) is 9.32 Å². The third kappa shape index (κ3) is 4.02. The van der Waals surface area contributed by atoms with Gasteiger partial charge >= 0.3 is 6.36 Å². The van der Waals surface area contributed by atoms with E-state index in [0.29, 0.717) is 0 Å². The van der Waals surface area contributed by atoms with E-state index in [1.165, 1.54) is 22.6 Å². The van der Waals surface area contributed by atoms with Crippen LogP contribution in [0.1, 0.15) is 0 Å². The molecule has 0 fully saturated rings. The molecule has 0 unspecified atom stereocenters. The highest BCUT2D eigenvalue weighted by atomic mass is 127. The third-order valence-corrected chi connectivity index (χ3v) is 4.15. The lowest BCUT2D eigenvalue weighted by molar-refractivity contribution is -0.276. The first-order valence-electron chi connectivity index (χ1n) is 3.99. The zero-order valence-electron chi connectivity index (χ0n) is 8.46. The summed E-state index contributed by atoms with van der Waals surface area (Å²) in [6, 6.07) is 0.806. The molecule has 102 valence electrons. The van der Waals surface area contributed by atoms with Crippen LogP contribution in [-0.2, 0) is 9.05 Å². The number of alkyl halides is 3. The van der Waals surface area contributed by atoms with E-state index >= 15 is 0 Å². The van der Waals surface area contributed by atoms with Crippen LogP contribution in [0.2, 0.25) is 0 Å². The molecule has 11 heteroatoms. The molecule has 0 saturated carbocycles. The number of methoxy groups -OCH3 is 1. The van der Waals surface area contributed by atoms with Crippen molar-refractivity contribution in [3.8, 4) is 11.6 Å². The molecule has 5 nitrogen and oxygen atoms in total. The molecule has 0 N–H and O–H groups in total. The maximum atomic E-state index is 12.0. The van der Waals surface area contributed by atoms with E-state index < -0.39 is 26.3 Å². The molecule has 0 radical (unpaired) electrons. The van der Waals surface area contributed by atoms with Gasteiger partial charge in [-0.3, -0.25) is 0 Å². The molecule has 1 aromatic heterocycles. The van der Waals surface area contributed by atoms with Crippen molar-refractivity contribution in [1.29, 1.82) is 0 Å². The largest absolute Gasteiger partial charge is 0.574 e. The van der Waals surface area contributed by atoms with Gasteiger partial charge in [-0.1, -0.05) is 0 Å². The molecule has 0 aliphatic rings. The Morgan fingerprint density at radius 1 is 1.44 bits per heavy atom. The smallest absolute Gasteiger partial charge is 0.495 e. The van der Waals surface area contributed by atoms with Gasteiger partial charge in [-0.05, 0) is 22.6 Å². The molecule has 0 saturated heterocycles. The highest BCUT2D eigenvalue weighted by Gasteiger charge is 2.33. The van der Waals surface area contributed by atoms with Crippen molar-refractivity contribution in [2.45, 2.75) is 11.4 Å². The average molecular weight is 418 g/mol. The second kappa shape index (κ2) is 5.25. The summed E-state index contributed by atoms with van der Waals surface area (Å²) in [5.41, 5.74) is 0. The van der Waals surface area contributed by atoms with Crippen molar-refractivity contribution in [3.05, 3.63) is 9.64 Å². The van der Waals surface area contributed by atoms with Gasteiger partial charge in [0.1, 0.15) is 5.75 Å². The van der Waals surface area contributed by atoms with E-state index in [1.54, 1.807) is 0 Å². The Morgan fingerprint density at radius 2 is 2.00 bits per heavy atom. The summed E-state index contributed by atoms with van der Waals surface area (Å²) in [6.45, 7) is 0. The van der Waals surface area contributed by atoms with Gasteiger partial charge in [-0.25, -0.2) is 8.42 Å². The van der Waals surface area contributed by atoms with Crippen LogP contribution < -0.4 is 9.47 Å². The van der Waals surface area contributed by atoms with Gasteiger partial charge in [0.25, 0.3) is 9.05 Å². The van der Waals surface area contributed by atoms with Crippen molar-refractivity contribution >= 4 is 42.3 Å². The molecular weight excluding hydrogens is 413 g/mol. The highest BCUT2D eigenvalue weighted by Crippen LogP contribution is 2.33. The number of halogens is 5. The fourth-order valence-electron chi connectivity index (χ4n) is 0.943. The first-order chi connectivity index (χ1) is 8.04. The number of ether oxygens (including phenoxy) is 2. The van der Waals surface area contributed by atoms with Gasteiger partial charge < -0.3 is 9.47 Å². The number of hydrogen-bond acceptors (Lipinski definition) is 5. The van der Waals surface area contributed by atoms with Gasteiger partial charge in [0.15, 0.2) is 5.03 Å². The first kappa shape index (κ1) is 15.6. The monoisotopic (exact) mass is 417 g/mol. The summed E-state index contributed by atoms with van der Waals surface area (Å²) < 4.78 is 66.5. The van der Waals surface area contributed by atoms with Crippen LogP contribution in [0.4, 0.5) is 13.2 Å². The van der Waals surface area contributed by atoms with E-state index in [2.05, 4.69) is 9.72 Å². The Bertz CT molecular complexity index is 563. The summed E-state index contributed by atoms with van der Waals surface area (Å²) in [7, 11) is 1.88. The Balaban J connectivity index is 3.41. The Morgan fingerprint density at radius 3 is 2.39 bits per heavy atom. The summed E-state index contributed by atoms with van der Waals surface area (Å²) in [6.07, 6.45) is -5.00. The predicted molar refractivity (Wildman–Crippen MR) is 63.2 cm³/mol. The van der Waals surface area contributed by atoms with E-state index in [9.17, 15) is 21.6 Å². The molecule has 0 atom stereocenters. The second-order valence-corrected chi connectivity index (χ2v) is 6.33. The quantitative estimate of drug-likeness (QED) is 0.559. The van der Waals surface area contributed by atoms with E-state index in [1.807, 2.05) is 0 Å². The zero-order valence-corrected chi connectivity index (χ0v) is 12.2. The van der Waals surface area contributed by atoms with Crippen LogP contribution in [0.25, 0.3) is 0 Å². The molecule has 0 aliphatic carbocycles. The number of rotatable bonds is 3. The SMILES string of the molecule is COc1cc(OC(F)(F)F)nc(S(=O)(=O)Cl)c1I. The molecule has 1 aromatic rings. The van der Waals surface area contributed by atoms with Gasteiger partial charge in [0.2, 0.25) is 5.88 Å². The molecule has 0 aromatic carbocycles. The predicted octanol–water partition coefficient (Wildman–Crippen LogP) is 2.52. The third-order valence-electron chi connectivity index (χ3n) is 1.54. The second-order valence-electron chi connectivity index (χ2n) is 2.77. The number of pyridine rings is 1. The topological polar surface area (TPSA) is 65.5 Å². The molecule has 1 rings (SSSR count). The lowest BCUT2D eigenvalue weighted by atomic mass is 10.4. The minimum atomic E-state index is -5.00. The summed E-state index contributed by atoms with van der Waals surface area (Å²) in [5, 5.41) is -0.761. The molecule has 0 amide bonds. The Hall–Kier alpha value is -0.490. The summed E-state index contributed by atoms with van der Waals surface area (Å²) >= 11 is 1.53. The first-order valence-corrected chi connectivity index (χ1v) is 7.38. The average Bonchev–Trinajstić information content (AvgIpc) is 2.16. The standard InChI is InChI=1S/C7H4ClF3INO4S/c1-16-3-2-4(17-7(9,10)11)13-6(5(3)12)18(8,14)15/h2H,1H3. The van der Waals surface area contributed by atoms with Gasteiger partial charge in [0, 0.05) is 16.7 Å². The van der Waals surface area contributed by atoms with Crippen molar-refractivity contribution in [2.24, 2.45) is 0 Å². The van der Waals surface area contributed by atoms with Crippen LogP contribution in [-0.4, -0.2) is 26.9 Å². The molecule has 0 aliphatic heterocycles. The Kier molecular flexibility index (Phi) is 4.54. The lowest BCUT2D eigenvalue weighted by Gasteiger charge is -2.11. The number of aromatic nitrogens is 1. The molecule has 1 heterocycles. The molecular formula is C7H4ClF3INO4S. The van der Waals surface area contributed by atoms with Crippen LogP contribution in [0.5, 0.6) is 11.6 Å². The summed E-state index contributed by atoms with van der Waals surface area (Å²) in [4.78, 5) is 3.19.